The lowest BCUT2D eigenvalue weighted by molar-refractivity contribution is -0.248. The number of Topliss-reactive ketones (excluding diaryl/α,β-unsaturated/α-hetero) is 1. The molecule has 7 rings (SSSR count). The molecule has 0 spiro atoms. The van der Waals surface area contributed by atoms with Gasteiger partial charge < -0.3 is 9.47 Å². The number of allylic oxidation sites excluding steroid dienone is 2. The molecule has 5 saturated carbocycles. The average molecular weight is 662 g/mol. The van der Waals surface area contributed by atoms with Crippen molar-refractivity contribution in [3.05, 3.63) is 24.3 Å². The molecule has 1 saturated heterocycles. The van der Waals surface area contributed by atoms with E-state index in [2.05, 4.69) is 65.2 Å². The third kappa shape index (κ3) is 5.27. The first-order valence-electron chi connectivity index (χ1n) is 20.0. The predicted octanol–water partition coefficient (Wildman–Crippen LogP) is 9.06. The number of carbonyl (C=O) groups excluding carboxylic acids is 2. The third-order valence-corrected chi connectivity index (χ3v) is 17.2. The summed E-state index contributed by atoms with van der Waals surface area (Å²) in [4.78, 5) is 29.5. The number of morpholine rings is 1. The van der Waals surface area contributed by atoms with Crippen molar-refractivity contribution < 1.29 is 19.1 Å². The summed E-state index contributed by atoms with van der Waals surface area (Å²) in [6, 6.07) is 0. The van der Waals surface area contributed by atoms with Crippen LogP contribution in [-0.2, 0) is 19.1 Å². The van der Waals surface area contributed by atoms with Gasteiger partial charge in [0.2, 0.25) is 0 Å². The van der Waals surface area contributed by atoms with Gasteiger partial charge in [0.1, 0.15) is 11.9 Å². The SMILES string of the molecule is C=C(C)[C@@H]1CC[C@]2(C(=O)C[C@@H]3C=CC(CN4CCOCC4)C3)CC[C@]3(C)[C@H](CC[C@@H]4[C@@]5(C)CC[C@H](OC(C)=O)C(C)(C)[C@@H]5CC[C@]43C)[C@@H]12. The Labute approximate surface area is 292 Å². The second-order valence-electron chi connectivity index (χ2n) is 19.5. The number of nitrogens with zero attached hydrogens (tertiary/aromatic N) is 1. The van der Waals surface area contributed by atoms with Crippen LogP contribution in [0.2, 0.25) is 0 Å². The highest BCUT2D eigenvalue weighted by atomic mass is 16.5. The summed E-state index contributed by atoms with van der Waals surface area (Å²) in [5.41, 5.74) is 1.87. The Morgan fingerprint density at radius 2 is 1.56 bits per heavy atom. The first-order valence-corrected chi connectivity index (χ1v) is 20.0. The lowest BCUT2D eigenvalue weighted by Gasteiger charge is -2.73. The maximum absolute atomic E-state index is 14.9. The molecule has 0 aromatic carbocycles. The predicted molar refractivity (Wildman–Crippen MR) is 192 cm³/mol. The highest BCUT2D eigenvalue weighted by Crippen LogP contribution is 2.77. The lowest BCUT2D eigenvalue weighted by atomic mass is 9.32. The lowest BCUT2D eigenvalue weighted by Crippen LogP contribution is -2.67. The van der Waals surface area contributed by atoms with Gasteiger partial charge in [0.25, 0.3) is 0 Å². The Morgan fingerprint density at radius 1 is 0.833 bits per heavy atom. The standard InChI is InChI=1S/C43H67NO4/c1-28(2)32-13-18-43(36(46)26-30-9-10-31(25-30)27-44-21-23-47-24-22-44)20-19-41(7)33(38(32)43)11-12-35-40(6)16-15-37(48-29(3)45)39(4,5)34(40)14-17-42(35,41)8/h9-10,30-35,37-38H,1,11-27H2,2-8H3/t30-,31?,32+,33-,34+,35-,37+,38-,40+,41-,42-,43-/m1/s1. The van der Waals surface area contributed by atoms with E-state index in [1.165, 1.54) is 37.7 Å². The maximum atomic E-state index is 14.9. The summed E-state index contributed by atoms with van der Waals surface area (Å²) in [7, 11) is 0. The number of hydrogen-bond donors (Lipinski definition) is 0. The monoisotopic (exact) mass is 662 g/mol. The van der Waals surface area contributed by atoms with E-state index < -0.39 is 0 Å². The van der Waals surface area contributed by atoms with Crippen LogP contribution in [0.1, 0.15) is 126 Å². The minimum atomic E-state index is -0.168. The first kappa shape index (κ1) is 35.0. The smallest absolute Gasteiger partial charge is 0.302 e. The molecule has 6 aliphatic carbocycles. The van der Waals surface area contributed by atoms with Crippen LogP contribution in [0.3, 0.4) is 0 Å². The van der Waals surface area contributed by atoms with Crippen molar-refractivity contribution in [2.75, 3.05) is 32.8 Å². The Bertz CT molecular complexity index is 1310. The van der Waals surface area contributed by atoms with Crippen LogP contribution >= 0.6 is 0 Å². The van der Waals surface area contributed by atoms with Gasteiger partial charge in [0, 0.05) is 43.8 Å². The number of hydrogen-bond acceptors (Lipinski definition) is 5. The van der Waals surface area contributed by atoms with Crippen LogP contribution in [0.4, 0.5) is 0 Å². The normalized spacial score (nSPS) is 48.1. The fourth-order valence-electron chi connectivity index (χ4n) is 14.7. The summed E-state index contributed by atoms with van der Waals surface area (Å²) in [6.07, 6.45) is 18.3. The third-order valence-electron chi connectivity index (χ3n) is 17.2. The zero-order valence-electron chi connectivity index (χ0n) is 31.6. The van der Waals surface area contributed by atoms with E-state index in [0.717, 1.165) is 77.8 Å². The van der Waals surface area contributed by atoms with Crippen molar-refractivity contribution in [3.63, 3.8) is 0 Å². The highest BCUT2D eigenvalue weighted by Gasteiger charge is 2.72. The number of carbonyl (C=O) groups is 2. The molecule has 0 aromatic heterocycles. The average Bonchev–Trinajstić information content (AvgIpc) is 3.64. The summed E-state index contributed by atoms with van der Waals surface area (Å²) < 4.78 is 11.6. The van der Waals surface area contributed by atoms with Gasteiger partial charge in [-0.05, 0) is 135 Å². The molecular formula is C43H67NO4. The molecule has 0 aromatic rings. The van der Waals surface area contributed by atoms with Gasteiger partial charge >= 0.3 is 5.97 Å². The first-order chi connectivity index (χ1) is 22.7. The number of esters is 1. The zero-order valence-corrected chi connectivity index (χ0v) is 31.6. The molecule has 0 amide bonds. The van der Waals surface area contributed by atoms with E-state index in [9.17, 15) is 9.59 Å². The van der Waals surface area contributed by atoms with Gasteiger partial charge in [-0.3, -0.25) is 14.5 Å². The van der Waals surface area contributed by atoms with Crippen LogP contribution in [0.15, 0.2) is 24.3 Å². The van der Waals surface area contributed by atoms with Crippen molar-refractivity contribution in [2.45, 2.75) is 132 Å². The maximum Gasteiger partial charge on any atom is 0.302 e. The summed E-state index contributed by atoms with van der Waals surface area (Å²) in [5.74, 6) is 4.14. The molecule has 1 heterocycles. The fraction of sp³-hybridized carbons (Fsp3) is 0.860. The van der Waals surface area contributed by atoms with Crippen LogP contribution in [0.25, 0.3) is 0 Å². The van der Waals surface area contributed by atoms with E-state index in [4.69, 9.17) is 9.47 Å². The second-order valence-corrected chi connectivity index (χ2v) is 19.5. The number of fused-ring (bicyclic) bond motifs is 7. The van der Waals surface area contributed by atoms with Crippen molar-refractivity contribution in [1.29, 1.82) is 0 Å². The number of ether oxygens (including phenoxy) is 2. The largest absolute Gasteiger partial charge is 0.462 e. The Balaban J connectivity index is 1.12. The molecule has 12 atom stereocenters. The van der Waals surface area contributed by atoms with E-state index in [-0.39, 0.29) is 39.1 Å². The van der Waals surface area contributed by atoms with Gasteiger partial charge in [-0.1, -0.05) is 58.9 Å². The molecule has 5 heteroatoms. The van der Waals surface area contributed by atoms with Crippen molar-refractivity contribution in [1.82, 2.24) is 4.90 Å². The van der Waals surface area contributed by atoms with E-state index in [0.29, 0.717) is 47.2 Å². The molecule has 7 aliphatic rings. The number of ketones is 1. The minimum Gasteiger partial charge on any atom is -0.462 e. The van der Waals surface area contributed by atoms with Crippen LogP contribution in [0, 0.1) is 68.5 Å². The Kier molecular flexibility index (Phi) is 8.99. The number of rotatable bonds is 7. The van der Waals surface area contributed by atoms with Crippen molar-refractivity contribution in [3.8, 4) is 0 Å². The van der Waals surface area contributed by atoms with Crippen LogP contribution < -0.4 is 0 Å². The summed E-state index contributed by atoms with van der Waals surface area (Å²) in [5, 5.41) is 0. The second kappa shape index (κ2) is 12.3. The minimum absolute atomic E-state index is 0.0156. The van der Waals surface area contributed by atoms with Gasteiger partial charge in [0.05, 0.1) is 13.2 Å². The molecule has 0 N–H and O–H groups in total. The molecule has 48 heavy (non-hydrogen) atoms. The topological polar surface area (TPSA) is 55.8 Å². The Morgan fingerprint density at radius 3 is 2.27 bits per heavy atom. The molecule has 6 fully saturated rings. The molecular weight excluding hydrogens is 594 g/mol. The molecule has 5 nitrogen and oxygen atoms in total. The molecule has 1 unspecified atom stereocenters. The zero-order chi connectivity index (χ0) is 34.3. The summed E-state index contributed by atoms with van der Waals surface area (Å²) in [6.45, 7) is 26.1. The highest BCUT2D eigenvalue weighted by molar-refractivity contribution is 5.86. The fourth-order valence-corrected chi connectivity index (χ4v) is 14.7. The van der Waals surface area contributed by atoms with E-state index >= 15 is 0 Å². The summed E-state index contributed by atoms with van der Waals surface area (Å²) >= 11 is 0. The van der Waals surface area contributed by atoms with Crippen LogP contribution in [-0.4, -0.2) is 55.6 Å². The van der Waals surface area contributed by atoms with Crippen molar-refractivity contribution >= 4 is 11.8 Å². The molecule has 0 radical (unpaired) electrons. The van der Waals surface area contributed by atoms with E-state index in [1.54, 1.807) is 6.92 Å². The molecule has 1 aliphatic heterocycles. The van der Waals surface area contributed by atoms with Gasteiger partial charge in [0.15, 0.2) is 0 Å². The van der Waals surface area contributed by atoms with Gasteiger partial charge in [-0.2, -0.15) is 0 Å². The van der Waals surface area contributed by atoms with Crippen molar-refractivity contribution in [2.24, 2.45) is 68.5 Å². The quantitative estimate of drug-likeness (QED) is 0.201. The van der Waals surface area contributed by atoms with Gasteiger partial charge in [-0.25, -0.2) is 0 Å². The Hall–Kier alpha value is -1.46. The molecule has 0 bridgehead atoms. The van der Waals surface area contributed by atoms with Gasteiger partial charge in [-0.15, -0.1) is 0 Å². The van der Waals surface area contributed by atoms with Crippen LogP contribution in [0.5, 0.6) is 0 Å². The molecule has 268 valence electrons. The van der Waals surface area contributed by atoms with E-state index in [1.807, 2.05) is 0 Å².